The Bertz CT molecular complexity index is 631. The number of halogens is 1. The lowest BCUT2D eigenvalue weighted by Gasteiger charge is -2.11. The first kappa shape index (κ1) is 15.2. The summed E-state index contributed by atoms with van der Waals surface area (Å²) in [5.74, 6) is 0.363. The number of aromatic hydroxyl groups is 1. The quantitative estimate of drug-likeness (QED) is 0.819. The predicted molar refractivity (Wildman–Crippen MR) is 82.6 cm³/mol. The average Bonchev–Trinajstić information content (AvgIpc) is 2.49. The number of phenolic OH excluding ortho intramolecular Hbond substituents is 1. The summed E-state index contributed by atoms with van der Waals surface area (Å²) >= 11 is 3.28. The van der Waals surface area contributed by atoms with Crippen LogP contribution in [0.15, 0.2) is 46.9 Å². The average molecular weight is 352 g/mol. The van der Waals surface area contributed by atoms with Crippen molar-refractivity contribution in [2.45, 2.75) is 6.61 Å². The second-order valence-electron chi connectivity index (χ2n) is 4.19. The summed E-state index contributed by atoms with van der Waals surface area (Å²) in [6.07, 6.45) is -0.647. The molecule has 0 aliphatic heterocycles. The van der Waals surface area contributed by atoms with Crippen molar-refractivity contribution in [1.82, 2.24) is 0 Å². The van der Waals surface area contributed by atoms with Crippen molar-refractivity contribution >= 4 is 27.7 Å². The number of phenols is 1. The SMILES string of the molecule is COc1cc(O)c(NC(=O)OCc2ccccc2)cc1Br. The fourth-order valence-electron chi connectivity index (χ4n) is 1.67. The summed E-state index contributed by atoms with van der Waals surface area (Å²) < 4.78 is 10.7. The van der Waals surface area contributed by atoms with Crippen LogP contribution in [0, 0.1) is 0 Å². The minimum atomic E-state index is -0.647. The van der Waals surface area contributed by atoms with E-state index in [1.165, 1.54) is 19.2 Å². The van der Waals surface area contributed by atoms with Gasteiger partial charge in [0.25, 0.3) is 0 Å². The first-order valence-electron chi connectivity index (χ1n) is 6.14. The Morgan fingerprint density at radius 3 is 2.67 bits per heavy atom. The fraction of sp³-hybridized carbons (Fsp3) is 0.133. The number of rotatable bonds is 4. The number of benzene rings is 2. The summed E-state index contributed by atoms with van der Waals surface area (Å²) in [4.78, 5) is 11.7. The number of hydrogen-bond donors (Lipinski definition) is 2. The zero-order valence-electron chi connectivity index (χ0n) is 11.3. The molecule has 2 aromatic rings. The van der Waals surface area contributed by atoms with E-state index in [4.69, 9.17) is 9.47 Å². The van der Waals surface area contributed by atoms with Crippen molar-refractivity contribution in [3.05, 3.63) is 52.5 Å². The molecule has 0 aromatic heterocycles. The van der Waals surface area contributed by atoms with Crippen LogP contribution in [0.1, 0.15) is 5.56 Å². The molecule has 0 atom stereocenters. The van der Waals surface area contributed by atoms with Gasteiger partial charge in [0.2, 0.25) is 0 Å². The van der Waals surface area contributed by atoms with Gasteiger partial charge in [-0.25, -0.2) is 4.79 Å². The molecule has 5 nitrogen and oxygen atoms in total. The zero-order chi connectivity index (χ0) is 15.2. The molecular weight excluding hydrogens is 338 g/mol. The van der Waals surface area contributed by atoms with Crippen LogP contribution in [0.3, 0.4) is 0 Å². The van der Waals surface area contributed by atoms with E-state index in [0.29, 0.717) is 10.2 Å². The topological polar surface area (TPSA) is 67.8 Å². The third-order valence-corrected chi connectivity index (χ3v) is 3.34. The number of hydrogen-bond acceptors (Lipinski definition) is 4. The largest absolute Gasteiger partial charge is 0.506 e. The van der Waals surface area contributed by atoms with E-state index in [-0.39, 0.29) is 18.0 Å². The first-order chi connectivity index (χ1) is 10.1. The molecule has 0 unspecified atom stereocenters. The molecule has 110 valence electrons. The van der Waals surface area contributed by atoms with E-state index >= 15 is 0 Å². The van der Waals surface area contributed by atoms with Crippen LogP contribution in [-0.4, -0.2) is 18.3 Å². The minimum Gasteiger partial charge on any atom is -0.506 e. The third kappa shape index (κ3) is 4.13. The lowest BCUT2D eigenvalue weighted by molar-refractivity contribution is 0.155. The monoisotopic (exact) mass is 351 g/mol. The van der Waals surface area contributed by atoms with Gasteiger partial charge in [-0.2, -0.15) is 0 Å². The molecule has 0 fully saturated rings. The van der Waals surface area contributed by atoms with E-state index in [0.717, 1.165) is 5.56 Å². The number of methoxy groups -OCH3 is 1. The molecule has 0 saturated carbocycles. The lowest BCUT2D eigenvalue weighted by atomic mass is 10.2. The number of carbonyl (C=O) groups is 1. The third-order valence-electron chi connectivity index (χ3n) is 2.72. The van der Waals surface area contributed by atoms with Crippen LogP contribution in [0.4, 0.5) is 10.5 Å². The Hall–Kier alpha value is -2.21. The highest BCUT2D eigenvalue weighted by Crippen LogP contribution is 2.35. The summed E-state index contributed by atoms with van der Waals surface area (Å²) in [5, 5.41) is 12.3. The Labute approximate surface area is 130 Å². The zero-order valence-corrected chi connectivity index (χ0v) is 12.9. The fourth-order valence-corrected chi connectivity index (χ4v) is 2.17. The molecule has 0 bridgehead atoms. The van der Waals surface area contributed by atoms with Crippen molar-refractivity contribution in [3.63, 3.8) is 0 Å². The van der Waals surface area contributed by atoms with Crippen molar-refractivity contribution < 1.29 is 19.4 Å². The maximum absolute atomic E-state index is 11.7. The highest BCUT2D eigenvalue weighted by Gasteiger charge is 2.11. The molecule has 21 heavy (non-hydrogen) atoms. The van der Waals surface area contributed by atoms with Crippen LogP contribution in [0.2, 0.25) is 0 Å². The van der Waals surface area contributed by atoms with Crippen molar-refractivity contribution in [1.29, 1.82) is 0 Å². The van der Waals surface area contributed by atoms with E-state index in [2.05, 4.69) is 21.2 Å². The molecule has 2 aromatic carbocycles. The Balaban J connectivity index is 1.98. The molecule has 6 heteroatoms. The maximum atomic E-state index is 11.7. The van der Waals surface area contributed by atoms with Gasteiger partial charge < -0.3 is 14.6 Å². The van der Waals surface area contributed by atoms with Crippen LogP contribution < -0.4 is 10.1 Å². The van der Waals surface area contributed by atoms with E-state index in [1.54, 1.807) is 0 Å². The molecular formula is C15H14BrNO4. The lowest BCUT2D eigenvalue weighted by Crippen LogP contribution is -2.13. The van der Waals surface area contributed by atoms with Gasteiger partial charge in [0, 0.05) is 6.07 Å². The second-order valence-corrected chi connectivity index (χ2v) is 5.04. The molecule has 0 saturated heterocycles. The van der Waals surface area contributed by atoms with Crippen molar-refractivity contribution in [3.8, 4) is 11.5 Å². The number of carbonyl (C=O) groups excluding carboxylic acids is 1. The Morgan fingerprint density at radius 1 is 1.29 bits per heavy atom. The van der Waals surface area contributed by atoms with Gasteiger partial charge in [-0.05, 0) is 27.6 Å². The van der Waals surface area contributed by atoms with Gasteiger partial charge in [0.1, 0.15) is 18.1 Å². The van der Waals surface area contributed by atoms with Gasteiger partial charge in [-0.3, -0.25) is 5.32 Å². The second kappa shape index (κ2) is 6.99. The van der Waals surface area contributed by atoms with Crippen molar-refractivity contribution in [2.24, 2.45) is 0 Å². The summed E-state index contributed by atoms with van der Waals surface area (Å²) in [7, 11) is 1.49. The Kier molecular flexibility index (Phi) is 5.05. The maximum Gasteiger partial charge on any atom is 0.412 e. The van der Waals surface area contributed by atoms with E-state index < -0.39 is 6.09 Å². The first-order valence-corrected chi connectivity index (χ1v) is 6.93. The highest BCUT2D eigenvalue weighted by atomic mass is 79.9. The number of anilines is 1. The van der Waals surface area contributed by atoms with Gasteiger partial charge in [-0.15, -0.1) is 0 Å². The summed E-state index contributed by atoms with van der Waals surface area (Å²) in [5.41, 5.74) is 1.12. The van der Waals surface area contributed by atoms with Crippen LogP contribution >= 0.6 is 15.9 Å². The molecule has 2 rings (SSSR count). The number of amides is 1. The molecule has 1 amide bonds. The molecule has 0 aliphatic rings. The smallest absolute Gasteiger partial charge is 0.412 e. The Morgan fingerprint density at radius 2 is 2.00 bits per heavy atom. The highest BCUT2D eigenvalue weighted by molar-refractivity contribution is 9.10. The molecule has 2 N–H and O–H groups in total. The standard InChI is InChI=1S/C15H14BrNO4/c1-20-14-8-13(18)12(7-11(14)16)17-15(19)21-9-10-5-3-2-4-6-10/h2-8,18H,9H2,1H3,(H,17,19). The van der Waals surface area contributed by atoms with Crippen LogP contribution in [0.25, 0.3) is 0 Å². The van der Waals surface area contributed by atoms with Crippen LogP contribution in [-0.2, 0) is 11.3 Å². The molecule has 0 aliphatic carbocycles. The molecule has 0 heterocycles. The van der Waals surface area contributed by atoms with E-state index in [9.17, 15) is 9.90 Å². The molecule has 0 radical (unpaired) electrons. The van der Waals surface area contributed by atoms with Crippen molar-refractivity contribution in [2.75, 3.05) is 12.4 Å². The van der Waals surface area contributed by atoms with Gasteiger partial charge >= 0.3 is 6.09 Å². The molecule has 0 spiro atoms. The number of ether oxygens (including phenoxy) is 2. The van der Waals surface area contributed by atoms with Gasteiger partial charge in [0.05, 0.1) is 17.3 Å². The normalized spacial score (nSPS) is 10.0. The number of nitrogens with one attached hydrogen (secondary N) is 1. The van der Waals surface area contributed by atoms with E-state index in [1.807, 2.05) is 30.3 Å². The minimum absolute atomic E-state index is 0.105. The van der Waals surface area contributed by atoms with Gasteiger partial charge in [-0.1, -0.05) is 30.3 Å². The predicted octanol–water partition coefficient (Wildman–Crippen LogP) is 3.91. The van der Waals surface area contributed by atoms with Crippen LogP contribution in [0.5, 0.6) is 11.5 Å². The summed E-state index contributed by atoms with van der Waals surface area (Å²) in [6.45, 7) is 0.157. The summed E-state index contributed by atoms with van der Waals surface area (Å²) in [6, 6.07) is 12.3. The van der Waals surface area contributed by atoms with Gasteiger partial charge in [0.15, 0.2) is 0 Å².